The number of aromatic nitrogens is 1. The quantitative estimate of drug-likeness (QED) is 0.667. The molecule has 0 bridgehead atoms. The summed E-state index contributed by atoms with van der Waals surface area (Å²) in [5, 5.41) is 1.14. The number of hydrogen-bond donors (Lipinski definition) is 0. The molecule has 0 unspecified atom stereocenters. The summed E-state index contributed by atoms with van der Waals surface area (Å²) in [7, 11) is 2.03. The molecule has 2 nitrogen and oxygen atoms in total. The average Bonchev–Trinajstić information content (AvgIpc) is 2.57. The first-order chi connectivity index (χ1) is 7.59. The van der Waals surface area contributed by atoms with Crippen LogP contribution in [0, 0.1) is 6.92 Å². The standard InChI is InChI=1S/C12H13NO.C2H6/c1-8-6-11-7-10(9(2)14)4-5-12(11)13(8)3;1-2/h4-7H,1-3H3;1-2H3. The Kier molecular flexibility index (Phi) is 3.88. The van der Waals surface area contributed by atoms with Crippen LogP contribution in [0.3, 0.4) is 0 Å². The number of Topliss-reactive ketones (excluding diaryl/α,β-unsaturated/α-hetero) is 1. The maximum absolute atomic E-state index is 11.2. The molecule has 2 aromatic rings. The minimum absolute atomic E-state index is 0.119. The highest BCUT2D eigenvalue weighted by Gasteiger charge is 2.04. The van der Waals surface area contributed by atoms with E-state index in [0.717, 1.165) is 10.9 Å². The van der Waals surface area contributed by atoms with Crippen molar-refractivity contribution < 1.29 is 4.79 Å². The Morgan fingerprint density at radius 1 is 1.19 bits per heavy atom. The zero-order valence-electron chi connectivity index (χ0n) is 10.7. The van der Waals surface area contributed by atoms with E-state index in [-0.39, 0.29) is 5.78 Å². The van der Waals surface area contributed by atoms with Crippen molar-refractivity contribution in [2.24, 2.45) is 7.05 Å². The van der Waals surface area contributed by atoms with Crippen LogP contribution in [0.25, 0.3) is 10.9 Å². The van der Waals surface area contributed by atoms with Crippen LogP contribution in [0.15, 0.2) is 24.3 Å². The van der Waals surface area contributed by atoms with E-state index in [1.807, 2.05) is 39.1 Å². The lowest BCUT2D eigenvalue weighted by atomic mass is 10.1. The molecular weight excluding hydrogens is 198 g/mol. The van der Waals surface area contributed by atoms with E-state index in [1.54, 1.807) is 6.92 Å². The Balaban J connectivity index is 0.000000606. The van der Waals surface area contributed by atoms with Gasteiger partial charge >= 0.3 is 0 Å². The van der Waals surface area contributed by atoms with E-state index in [2.05, 4.69) is 17.6 Å². The summed E-state index contributed by atoms with van der Waals surface area (Å²) in [6.07, 6.45) is 0. The van der Waals surface area contributed by atoms with Crippen molar-refractivity contribution in [3.63, 3.8) is 0 Å². The molecule has 2 rings (SSSR count). The fourth-order valence-electron chi connectivity index (χ4n) is 1.71. The predicted molar refractivity (Wildman–Crippen MR) is 69.0 cm³/mol. The molecule has 0 amide bonds. The summed E-state index contributed by atoms with van der Waals surface area (Å²) in [6.45, 7) is 7.66. The second-order valence-electron chi connectivity index (χ2n) is 3.67. The highest BCUT2D eigenvalue weighted by atomic mass is 16.1. The number of carbonyl (C=O) groups excluding carboxylic acids is 1. The molecule has 16 heavy (non-hydrogen) atoms. The third-order valence-electron chi connectivity index (χ3n) is 2.69. The van der Waals surface area contributed by atoms with Gasteiger partial charge in [0.15, 0.2) is 5.78 Å². The van der Waals surface area contributed by atoms with Crippen LogP contribution in [-0.4, -0.2) is 10.4 Å². The van der Waals surface area contributed by atoms with Crippen LogP contribution in [0.1, 0.15) is 36.8 Å². The van der Waals surface area contributed by atoms with Gasteiger partial charge < -0.3 is 4.57 Å². The molecule has 1 aromatic heterocycles. The van der Waals surface area contributed by atoms with E-state index in [1.165, 1.54) is 11.2 Å². The van der Waals surface area contributed by atoms with Gasteiger partial charge in [-0.1, -0.05) is 13.8 Å². The van der Waals surface area contributed by atoms with Gasteiger partial charge in [0, 0.05) is 29.2 Å². The van der Waals surface area contributed by atoms with Gasteiger partial charge in [-0.25, -0.2) is 0 Å². The lowest BCUT2D eigenvalue weighted by Gasteiger charge is -1.99. The van der Waals surface area contributed by atoms with Crippen molar-refractivity contribution in [2.45, 2.75) is 27.7 Å². The first-order valence-corrected chi connectivity index (χ1v) is 5.66. The first-order valence-electron chi connectivity index (χ1n) is 5.66. The van der Waals surface area contributed by atoms with E-state index < -0.39 is 0 Å². The molecule has 1 heterocycles. The molecule has 0 N–H and O–H groups in total. The molecule has 0 aliphatic carbocycles. The zero-order chi connectivity index (χ0) is 12.3. The van der Waals surface area contributed by atoms with Crippen LogP contribution in [-0.2, 0) is 7.05 Å². The molecular formula is C14H19NO. The van der Waals surface area contributed by atoms with E-state index in [4.69, 9.17) is 0 Å². The van der Waals surface area contributed by atoms with Crippen LogP contribution in [0.5, 0.6) is 0 Å². The Hall–Kier alpha value is -1.57. The Morgan fingerprint density at radius 3 is 2.38 bits per heavy atom. The van der Waals surface area contributed by atoms with Gasteiger partial charge in [-0.3, -0.25) is 4.79 Å². The van der Waals surface area contributed by atoms with Crippen LogP contribution < -0.4 is 0 Å². The second kappa shape index (κ2) is 4.97. The van der Waals surface area contributed by atoms with Gasteiger partial charge in [-0.2, -0.15) is 0 Å². The molecule has 0 saturated heterocycles. The monoisotopic (exact) mass is 217 g/mol. The highest BCUT2D eigenvalue weighted by molar-refractivity contribution is 5.98. The lowest BCUT2D eigenvalue weighted by Crippen LogP contribution is -1.92. The Labute approximate surface area is 96.9 Å². The number of hydrogen-bond acceptors (Lipinski definition) is 1. The van der Waals surface area contributed by atoms with E-state index >= 15 is 0 Å². The topological polar surface area (TPSA) is 22.0 Å². The molecule has 0 atom stereocenters. The molecule has 0 aliphatic rings. The third-order valence-corrected chi connectivity index (χ3v) is 2.69. The number of nitrogens with zero attached hydrogens (tertiary/aromatic N) is 1. The third kappa shape index (κ3) is 2.16. The predicted octanol–water partition coefficient (Wildman–Crippen LogP) is 3.72. The Bertz CT molecular complexity index is 509. The fourth-order valence-corrected chi connectivity index (χ4v) is 1.71. The molecule has 2 heteroatoms. The maximum atomic E-state index is 11.2. The van der Waals surface area contributed by atoms with Crippen molar-refractivity contribution in [1.82, 2.24) is 4.57 Å². The average molecular weight is 217 g/mol. The van der Waals surface area contributed by atoms with E-state index in [9.17, 15) is 4.79 Å². The highest BCUT2D eigenvalue weighted by Crippen LogP contribution is 2.19. The van der Waals surface area contributed by atoms with Gasteiger partial charge in [-0.05, 0) is 38.1 Å². The summed E-state index contributed by atoms with van der Waals surface area (Å²) in [5.41, 5.74) is 3.16. The van der Waals surface area contributed by atoms with Gasteiger partial charge in [-0.15, -0.1) is 0 Å². The number of aryl methyl sites for hydroxylation is 2. The van der Waals surface area contributed by atoms with Crippen molar-refractivity contribution in [2.75, 3.05) is 0 Å². The maximum Gasteiger partial charge on any atom is 0.159 e. The first kappa shape index (κ1) is 12.5. The molecule has 0 saturated carbocycles. The van der Waals surface area contributed by atoms with E-state index in [0.29, 0.717) is 0 Å². The molecule has 0 spiro atoms. The second-order valence-corrected chi connectivity index (χ2v) is 3.67. The molecule has 0 radical (unpaired) electrons. The summed E-state index contributed by atoms with van der Waals surface area (Å²) < 4.78 is 2.12. The van der Waals surface area contributed by atoms with Gasteiger partial charge in [0.05, 0.1) is 0 Å². The molecule has 86 valence electrons. The largest absolute Gasteiger partial charge is 0.348 e. The van der Waals surface area contributed by atoms with Crippen molar-refractivity contribution in [1.29, 1.82) is 0 Å². The summed E-state index contributed by atoms with van der Waals surface area (Å²) in [4.78, 5) is 11.2. The zero-order valence-corrected chi connectivity index (χ0v) is 10.7. The Morgan fingerprint density at radius 2 is 1.81 bits per heavy atom. The lowest BCUT2D eigenvalue weighted by molar-refractivity contribution is 0.101. The summed E-state index contributed by atoms with van der Waals surface area (Å²) in [5.74, 6) is 0.119. The number of benzene rings is 1. The van der Waals surface area contributed by atoms with Crippen LogP contribution in [0.2, 0.25) is 0 Å². The minimum atomic E-state index is 0.119. The normalized spacial score (nSPS) is 9.81. The number of carbonyl (C=O) groups is 1. The summed E-state index contributed by atoms with van der Waals surface area (Å²) >= 11 is 0. The smallest absolute Gasteiger partial charge is 0.159 e. The minimum Gasteiger partial charge on any atom is -0.348 e. The molecule has 0 fully saturated rings. The van der Waals surface area contributed by atoms with Crippen molar-refractivity contribution >= 4 is 16.7 Å². The van der Waals surface area contributed by atoms with Gasteiger partial charge in [0.2, 0.25) is 0 Å². The SMILES string of the molecule is CC.CC(=O)c1ccc2c(c1)cc(C)n2C. The number of rotatable bonds is 1. The van der Waals surface area contributed by atoms with Gasteiger partial charge in [0.1, 0.15) is 0 Å². The molecule has 1 aromatic carbocycles. The van der Waals surface area contributed by atoms with Crippen LogP contribution >= 0.6 is 0 Å². The van der Waals surface area contributed by atoms with Crippen LogP contribution in [0.4, 0.5) is 0 Å². The fraction of sp³-hybridized carbons (Fsp3) is 0.357. The van der Waals surface area contributed by atoms with Crippen molar-refractivity contribution in [3.05, 3.63) is 35.5 Å². The van der Waals surface area contributed by atoms with Gasteiger partial charge in [0.25, 0.3) is 0 Å². The number of fused-ring (bicyclic) bond motifs is 1. The molecule has 0 aliphatic heterocycles. The number of ketones is 1. The van der Waals surface area contributed by atoms with Crippen molar-refractivity contribution in [3.8, 4) is 0 Å². The summed E-state index contributed by atoms with van der Waals surface area (Å²) in [6, 6.07) is 7.93.